The van der Waals surface area contributed by atoms with E-state index in [0.717, 1.165) is 0 Å². The molecule has 1 aromatic carbocycles. The van der Waals surface area contributed by atoms with Gasteiger partial charge < -0.3 is 0 Å². The first kappa shape index (κ1) is 18.3. The van der Waals surface area contributed by atoms with Crippen molar-refractivity contribution in [2.24, 2.45) is 0 Å². The summed E-state index contributed by atoms with van der Waals surface area (Å²) in [5.74, 6) is 1.22. The zero-order valence-corrected chi connectivity index (χ0v) is 15.5. The highest BCUT2D eigenvalue weighted by atomic mass is 32.2. The van der Waals surface area contributed by atoms with Gasteiger partial charge in [0.1, 0.15) is 0 Å². The van der Waals surface area contributed by atoms with Crippen LogP contribution in [0.5, 0.6) is 0 Å². The molecule has 2 rings (SSSR count). The minimum absolute atomic E-state index is 1.22. The van der Waals surface area contributed by atoms with E-state index >= 15 is 0 Å². The van der Waals surface area contributed by atoms with E-state index in [1.807, 2.05) is 11.9 Å². The first-order chi connectivity index (χ1) is 11.4. The molecule has 126 valence electrons. The average Bonchev–Trinajstić information content (AvgIpc) is 2.59. The van der Waals surface area contributed by atoms with Gasteiger partial charge in [0, 0.05) is 11.5 Å². The second-order valence-electron chi connectivity index (χ2n) is 6.45. The van der Waals surface area contributed by atoms with E-state index in [1.54, 1.807) is 0 Å². The highest BCUT2D eigenvalue weighted by molar-refractivity contribution is 7.92. The van der Waals surface area contributed by atoms with Gasteiger partial charge in [0.15, 0.2) is 24.3 Å². The molecule has 0 atom stereocenters. The molecule has 0 radical (unpaired) electrons. The molecule has 0 fully saturated rings. The van der Waals surface area contributed by atoms with Gasteiger partial charge in [0.25, 0.3) is 0 Å². The molecule has 23 heavy (non-hydrogen) atoms. The van der Waals surface area contributed by atoms with E-state index in [9.17, 15) is 0 Å². The van der Waals surface area contributed by atoms with Crippen LogP contribution in [0, 0.1) is 0 Å². The van der Waals surface area contributed by atoms with Gasteiger partial charge in [-0.15, -0.1) is 3.97 Å². The molecule has 0 saturated carbocycles. The molecule has 0 spiro atoms. The van der Waals surface area contributed by atoms with Crippen molar-refractivity contribution < 1.29 is 3.97 Å². The Morgan fingerprint density at radius 2 is 1.35 bits per heavy atom. The summed E-state index contributed by atoms with van der Waals surface area (Å²) in [6.45, 7) is 2.29. The van der Waals surface area contributed by atoms with E-state index < -0.39 is 0 Å². The normalized spacial score (nSPS) is 11.2. The first-order valence-electron chi connectivity index (χ1n) is 9.43. The standard InChI is InChI=1S/C21H32NS/c1-2-3-4-5-6-7-8-9-10-13-18-23-22-17-16-20-14-11-12-15-21(20)19-22/h11-12,14-17,19H,2-10,13,18H2,1H3/q+1. The Balaban J connectivity index is 1.50. The number of aromatic nitrogens is 1. The van der Waals surface area contributed by atoms with Crippen molar-refractivity contribution in [2.45, 2.75) is 71.1 Å². The quantitative estimate of drug-likeness (QED) is 0.315. The lowest BCUT2D eigenvalue weighted by Crippen LogP contribution is -2.24. The molecular formula is C21H32NS+. The molecule has 1 nitrogen and oxygen atoms in total. The van der Waals surface area contributed by atoms with Crippen LogP contribution in [0.15, 0.2) is 42.7 Å². The van der Waals surface area contributed by atoms with Crippen LogP contribution in [0.4, 0.5) is 0 Å². The molecule has 2 heteroatoms. The molecule has 0 N–H and O–H groups in total. The Kier molecular flexibility index (Phi) is 9.16. The van der Waals surface area contributed by atoms with Crippen molar-refractivity contribution in [1.82, 2.24) is 0 Å². The van der Waals surface area contributed by atoms with Crippen molar-refractivity contribution in [3.8, 4) is 0 Å². The Morgan fingerprint density at radius 3 is 2.04 bits per heavy atom. The van der Waals surface area contributed by atoms with E-state index in [2.05, 4.69) is 53.6 Å². The van der Waals surface area contributed by atoms with Crippen molar-refractivity contribution in [2.75, 3.05) is 5.75 Å². The molecule has 0 unspecified atom stereocenters. The predicted molar refractivity (Wildman–Crippen MR) is 104 cm³/mol. The number of pyridine rings is 1. The molecule has 0 aliphatic rings. The van der Waals surface area contributed by atoms with Gasteiger partial charge in [0.05, 0.1) is 5.75 Å². The Hall–Kier alpha value is -1.02. The third-order valence-electron chi connectivity index (χ3n) is 4.40. The van der Waals surface area contributed by atoms with Crippen molar-refractivity contribution in [3.05, 3.63) is 42.7 Å². The van der Waals surface area contributed by atoms with Crippen molar-refractivity contribution in [3.63, 3.8) is 0 Å². The summed E-state index contributed by atoms with van der Waals surface area (Å²) in [5, 5.41) is 2.65. The Labute approximate surface area is 146 Å². The molecular weight excluding hydrogens is 298 g/mol. The van der Waals surface area contributed by atoms with Crippen molar-refractivity contribution in [1.29, 1.82) is 0 Å². The monoisotopic (exact) mass is 330 g/mol. The molecule has 0 amide bonds. The van der Waals surface area contributed by atoms with Crippen LogP contribution >= 0.6 is 11.9 Å². The second-order valence-corrected chi connectivity index (χ2v) is 7.54. The van der Waals surface area contributed by atoms with Crippen LogP contribution in [0.25, 0.3) is 10.8 Å². The van der Waals surface area contributed by atoms with Gasteiger partial charge in [-0.3, -0.25) is 0 Å². The first-order valence-corrected chi connectivity index (χ1v) is 10.4. The van der Waals surface area contributed by atoms with Crippen molar-refractivity contribution >= 4 is 22.7 Å². The van der Waals surface area contributed by atoms with E-state index in [1.165, 1.54) is 80.7 Å². The lowest BCUT2D eigenvalue weighted by molar-refractivity contribution is -0.492. The summed E-state index contributed by atoms with van der Waals surface area (Å²) in [7, 11) is 0. The summed E-state index contributed by atoms with van der Waals surface area (Å²) >= 11 is 1.93. The van der Waals surface area contributed by atoms with Gasteiger partial charge in [-0.2, -0.15) is 0 Å². The predicted octanol–water partition coefficient (Wildman–Crippen LogP) is 6.54. The number of rotatable bonds is 12. The maximum absolute atomic E-state index is 2.29. The van der Waals surface area contributed by atoms with Gasteiger partial charge in [0.2, 0.25) is 0 Å². The van der Waals surface area contributed by atoms with Crippen LogP contribution in [0.3, 0.4) is 0 Å². The fraction of sp³-hybridized carbons (Fsp3) is 0.571. The molecule has 0 aliphatic heterocycles. The second kappa shape index (κ2) is 11.5. The summed E-state index contributed by atoms with van der Waals surface area (Å²) in [6, 6.07) is 10.8. The lowest BCUT2D eigenvalue weighted by Gasteiger charge is -2.01. The third-order valence-corrected chi connectivity index (χ3v) is 5.40. The van der Waals surface area contributed by atoms with Gasteiger partial charge in [-0.05, 0) is 17.9 Å². The van der Waals surface area contributed by atoms with Gasteiger partial charge >= 0.3 is 0 Å². The molecule has 1 heterocycles. The highest BCUT2D eigenvalue weighted by Crippen LogP contribution is 2.13. The summed E-state index contributed by atoms with van der Waals surface area (Å²) in [6.07, 6.45) is 18.5. The molecule has 2 aromatic rings. The fourth-order valence-electron chi connectivity index (χ4n) is 2.95. The number of hydrogen-bond acceptors (Lipinski definition) is 1. The summed E-state index contributed by atoms with van der Waals surface area (Å²) < 4.78 is 2.26. The average molecular weight is 331 g/mol. The van der Waals surface area contributed by atoms with E-state index in [4.69, 9.17) is 0 Å². The number of benzene rings is 1. The van der Waals surface area contributed by atoms with Crippen LogP contribution in [0.1, 0.15) is 71.1 Å². The number of fused-ring (bicyclic) bond motifs is 1. The summed E-state index contributed by atoms with van der Waals surface area (Å²) in [5.41, 5.74) is 0. The topological polar surface area (TPSA) is 3.88 Å². The largest absolute Gasteiger partial charge is 0.191 e. The molecule has 0 saturated heterocycles. The number of unbranched alkanes of at least 4 members (excludes halogenated alkanes) is 9. The highest BCUT2D eigenvalue weighted by Gasteiger charge is 2.04. The Bertz CT molecular complexity index is 552. The zero-order chi connectivity index (χ0) is 16.2. The van der Waals surface area contributed by atoms with Gasteiger partial charge in [-0.25, -0.2) is 0 Å². The minimum atomic E-state index is 1.22. The SMILES string of the molecule is CCCCCCCCCCCCS[n+]1ccc2ccccc2c1. The van der Waals surface area contributed by atoms with E-state index in [-0.39, 0.29) is 0 Å². The maximum atomic E-state index is 2.29. The lowest BCUT2D eigenvalue weighted by atomic mass is 10.1. The molecule has 1 aromatic heterocycles. The number of hydrogen-bond donors (Lipinski definition) is 0. The van der Waals surface area contributed by atoms with Crippen LogP contribution in [-0.2, 0) is 0 Å². The smallest absolute Gasteiger partial charge is 0.133 e. The van der Waals surface area contributed by atoms with Crippen LogP contribution < -0.4 is 3.97 Å². The Morgan fingerprint density at radius 1 is 0.739 bits per heavy atom. The van der Waals surface area contributed by atoms with Crippen LogP contribution in [0.2, 0.25) is 0 Å². The maximum Gasteiger partial charge on any atom is 0.191 e. The molecule has 0 aliphatic carbocycles. The van der Waals surface area contributed by atoms with Crippen LogP contribution in [-0.4, -0.2) is 5.75 Å². The zero-order valence-electron chi connectivity index (χ0n) is 14.7. The third kappa shape index (κ3) is 7.39. The number of nitrogens with zero attached hydrogens (tertiary/aromatic N) is 1. The minimum Gasteiger partial charge on any atom is -0.133 e. The van der Waals surface area contributed by atoms with E-state index in [0.29, 0.717) is 0 Å². The summed E-state index contributed by atoms with van der Waals surface area (Å²) in [4.78, 5) is 0. The molecule has 0 bridgehead atoms. The van der Waals surface area contributed by atoms with Gasteiger partial charge in [-0.1, -0.05) is 82.9 Å². The fourth-order valence-corrected chi connectivity index (χ4v) is 3.83.